The van der Waals surface area contributed by atoms with Crippen LogP contribution in [0.3, 0.4) is 0 Å². The van der Waals surface area contributed by atoms with Crippen molar-refractivity contribution < 1.29 is 0 Å². The minimum Gasteiger partial charge on any atom is -0.369 e. The SMILES string of the molecule is Cc1cc(N(C)Cc2ccccc2C)c(C#N)c(C)n1. The van der Waals surface area contributed by atoms with E-state index in [1.165, 1.54) is 11.1 Å². The fourth-order valence-electron chi connectivity index (χ4n) is 2.38. The molecule has 0 radical (unpaired) electrons. The summed E-state index contributed by atoms with van der Waals surface area (Å²) >= 11 is 0. The second-order valence-electron chi connectivity index (χ2n) is 5.14. The van der Waals surface area contributed by atoms with Gasteiger partial charge in [0.2, 0.25) is 0 Å². The first kappa shape index (κ1) is 14.1. The van der Waals surface area contributed by atoms with Crippen molar-refractivity contribution in [2.24, 2.45) is 0 Å². The van der Waals surface area contributed by atoms with E-state index in [0.29, 0.717) is 5.56 Å². The van der Waals surface area contributed by atoms with Gasteiger partial charge in [0, 0.05) is 19.3 Å². The average Bonchev–Trinajstić information content (AvgIpc) is 2.40. The maximum Gasteiger partial charge on any atom is 0.103 e. The van der Waals surface area contributed by atoms with Gasteiger partial charge in [0.05, 0.1) is 16.9 Å². The fraction of sp³-hybridized carbons (Fsp3) is 0.294. The van der Waals surface area contributed by atoms with Gasteiger partial charge in [-0.1, -0.05) is 24.3 Å². The van der Waals surface area contributed by atoms with Crippen molar-refractivity contribution in [1.82, 2.24) is 4.98 Å². The van der Waals surface area contributed by atoms with E-state index < -0.39 is 0 Å². The monoisotopic (exact) mass is 265 g/mol. The van der Waals surface area contributed by atoms with Gasteiger partial charge in [-0.2, -0.15) is 5.26 Å². The zero-order valence-electron chi connectivity index (χ0n) is 12.4. The van der Waals surface area contributed by atoms with E-state index in [4.69, 9.17) is 0 Å². The Morgan fingerprint density at radius 2 is 1.90 bits per heavy atom. The van der Waals surface area contributed by atoms with Crippen molar-refractivity contribution in [3.63, 3.8) is 0 Å². The molecule has 3 heteroatoms. The molecule has 0 aliphatic rings. The zero-order valence-corrected chi connectivity index (χ0v) is 12.4. The molecule has 2 rings (SSSR count). The predicted octanol–water partition coefficient (Wildman–Crippen LogP) is 3.51. The molecule has 0 N–H and O–H groups in total. The zero-order chi connectivity index (χ0) is 14.7. The summed E-state index contributed by atoms with van der Waals surface area (Å²) in [5, 5.41) is 9.34. The van der Waals surface area contributed by atoms with Gasteiger partial charge >= 0.3 is 0 Å². The van der Waals surface area contributed by atoms with Gasteiger partial charge in [-0.3, -0.25) is 4.98 Å². The molecule has 3 nitrogen and oxygen atoms in total. The summed E-state index contributed by atoms with van der Waals surface area (Å²) in [6, 6.07) is 12.6. The number of nitriles is 1. The highest BCUT2D eigenvalue weighted by atomic mass is 15.1. The van der Waals surface area contributed by atoms with Crippen LogP contribution in [-0.4, -0.2) is 12.0 Å². The highest BCUT2D eigenvalue weighted by Crippen LogP contribution is 2.24. The number of hydrogen-bond acceptors (Lipinski definition) is 3. The van der Waals surface area contributed by atoms with Crippen LogP contribution < -0.4 is 4.90 Å². The summed E-state index contributed by atoms with van der Waals surface area (Å²) in [7, 11) is 2.02. The molecule has 1 aromatic heterocycles. The standard InChI is InChI=1S/C17H19N3/c1-12-7-5-6-8-15(12)11-20(4)17-9-13(2)19-14(3)16(17)10-18/h5-9H,11H2,1-4H3. The van der Waals surface area contributed by atoms with Crippen molar-refractivity contribution in [1.29, 1.82) is 5.26 Å². The minimum atomic E-state index is 0.659. The van der Waals surface area contributed by atoms with Crippen molar-refractivity contribution in [3.8, 4) is 6.07 Å². The normalized spacial score (nSPS) is 10.2. The third-order valence-electron chi connectivity index (χ3n) is 3.50. The average molecular weight is 265 g/mol. The van der Waals surface area contributed by atoms with E-state index in [-0.39, 0.29) is 0 Å². The van der Waals surface area contributed by atoms with Crippen LogP contribution in [0.5, 0.6) is 0 Å². The Morgan fingerprint density at radius 3 is 2.55 bits per heavy atom. The third kappa shape index (κ3) is 2.80. The number of anilines is 1. The lowest BCUT2D eigenvalue weighted by molar-refractivity contribution is 0.903. The number of benzene rings is 1. The first-order valence-corrected chi connectivity index (χ1v) is 6.67. The van der Waals surface area contributed by atoms with Crippen LogP contribution in [0.2, 0.25) is 0 Å². The molecule has 0 fully saturated rings. The second-order valence-corrected chi connectivity index (χ2v) is 5.14. The smallest absolute Gasteiger partial charge is 0.103 e. The Balaban J connectivity index is 2.37. The molecular formula is C17H19N3. The van der Waals surface area contributed by atoms with E-state index in [0.717, 1.165) is 23.6 Å². The molecule has 0 saturated heterocycles. The molecule has 0 bridgehead atoms. The molecular weight excluding hydrogens is 246 g/mol. The van der Waals surface area contributed by atoms with Gasteiger partial charge in [0.15, 0.2) is 0 Å². The molecule has 0 spiro atoms. The van der Waals surface area contributed by atoms with Crippen LogP contribution in [0.1, 0.15) is 28.1 Å². The van der Waals surface area contributed by atoms with Crippen molar-refractivity contribution >= 4 is 5.69 Å². The van der Waals surface area contributed by atoms with Crippen LogP contribution in [-0.2, 0) is 6.54 Å². The summed E-state index contributed by atoms with van der Waals surface area (Å²) in [6.07, 6.45) is 0. The van der Waals surface area contributed by atoms with Crippen molar-refractivity contribution in [2.45, 2.75) is 27.3 Å². The molecule has 1 aromatic carbocycles. The van der Waals surface area contributed by atoms with E-state index in [2.05, 4.69) is 35.0 Å². The van der Waals surface area contributed by atoms with Gasteiger partial charge in [-0.25, -0.2) is 0 Å². The van der Waals surface area contributed by atoms with E-state index in [1.807, 2.05) is 39.1 Å². The van der Waals surface area contributed by atoms with Gasteiger partial charge in [-0.05, 0) is 38.0 Å². The van der Waals surface area contributed by atoms with Crippen molar-refractivity contribution in [2.75, 3.05) is 11.9 Å². The Labute approximate surface area is 120 Å². The van der Waals surface area contributed by atoms with Gasteiger partial charge in [-0.15, -0.1) is 0 Å². The van der Waals surface area contributed by atoms with Crippen molar-refractivity contribution in [3.05, 3.63) is 58.4 Å². The summed E-state index contributed by atoms with van der Waals surface area (Å²) in [4.78, 5) is 6.48. The van der Waals surface area contributed by atoms with E-state index in [1.54, 1.807) is 0 Å². The lowest BCUT2D eigenvalue weighted by Crippen LogP contribution is -2.19. The number of hydrogen-bond donors (Lipinski definition) is 0. The van der Waals surface area contributed by atoms with E-state index in [9.17, 15) is 5.26 Å². The number of rotatable bonds is 3. The van der Waals surface area contributed by atoms with Crippen LogP contribution in [0.25, 0.3) is 0 Å². The number of aromatic nitrogens is 1. The topological polar surface area (TPSA) is 39.9 Å². The molecule has 2 aromatic rings. The lowest BCUT2D eigenvalue weighted by atomic mass is 10.1. The van der Waals surface area contributed by atoms with Crippen LogP contribution in [0.4, 0.5) is 5.69 Å². The van der Waals surface area contributed by atoms with Gasteiger partial charge in [0.1, 0.15) is 6.07 Å². The highest BCUT2D eigenvalue weighted by molar-refractivity contribution is 5.61. The Kier molecular flexibility index (Phi) is 4.05. The molecule has 0 atom stereocenters. The van der Waals surface area contributed by atoms with Crippen LogP contribution in [0.15, 0.2) is 30.3 Å². The fourth-order valence-corrected chi connectivity index (χ4v) is 2.38. The molecule has 0 unspecified atom stereocenters. The van der Waals surface area contributed by atoms with Crippen LogP contribution >= 0.6 is 0 Å². The molecule has 102 valence electrons. The van der Waals surface area contributed by atoms with Gasteiger partial charge < -0.3 is 4.90 Å². The Bertz CT molecular complexity index is 668. The molecule has 1 heterocycles. The quantitative estimate of drug-likeness (QED) is 0.852. The summed E-state index contributed by atoms with van der Waals surface area (Å²) in [5.41, 5.74) is 5.87. The summed E-state index contributed by atoms with van der Waals surface area (Å²) in [5.74, 6) is 0. The number of pyridine rings is 1. The summed E-state index contributed by atoms with van der Waals surface area (Å²) in [6.45, 7) is 6.73. The molecule has 0 aliphatic heterocycles. The first-order chi connectivity index (χ1) is 9.52. The molecule has 20 heavy (non-hydrogen) atoms. The largest absolute Gasteiger partial charge is 0.369 e. The molecule has 0 amide bonds. The minimum absolute atomic E-state index is 0.659. The maximum atomic E-state index is 9.34. The number of nitrogens with zero attached hydrogens (tertiary/aromatic N) is 3. The first-order valence-electron chi connectivity index (χ1n) is 6.67. The Morgan fingerprint density at radius 1 is 1.20 bits per heavy atom. The molecule has 0 aliphatic carbocycles. The maximum absolute atomic E-state index is 9.34. The predicted molar refractivity (Wildman–Crippen MR) is 81.7 cm³/mol. The Hall–Kier alpha value is -2.34. The number of aryl methyl sites for hydroxylation is 3. The lowest BCUT2D eigenvalue weighted by Gasteiger charge is -2.22. The second kappa shape index (κ2) is 5.75. The molecule has 0 saturated carbocycles. The van der Waals surface area contributed by atoms with Gasteiger partial charge in [0.25, 0.3) is 0 Å². The highest BCUT2D eigenvalue weighted by Gasteiger charge is 2.12. The van der Waals surface area contributed by atoms with Crippen LogP contribution in [0, 0.1) is 32.1 Å². The van der Waals surface area contributed by atoms with E-state index >= 15 is 0 Å². The summed E-state index contributed by atoms with van der Waals surface area (Å²) < 4.78 is 0. The third-order valence-corrected chi connectivity index (χ3v) is 3.50.